The van der Waals surface area contributed by atoms with E-state index in [-0.39, 0.29) is 11.3 Å². The van der Waals surface area contributed by atoms with Crippen molar-refractivity contribution in [2.75, 3.05) is 38.2 Å². The second-order valence-electron chi connectivity index (χ2n) is 6.78. The molecule has 0 aromatic heterocycles. The van der Waals surface area contributed by atoms with Crippen molar-refractivity contribution in [3.63, 3.8) is 0 Å². The fourth-order valence-electron chi connectivity index (χ4n) is 2.65. The Morgan fingerprint density at radius 2 is 1.76 bits per heavy atom. The fourth-order valence-corrected chi connectivity index (χ4v) is 2.65. The maximum Gasteiger partial charge on any atom is 0.223 e. The van der Waals surface area contributed by atoms with Crippen LogP contribution in [0.3, 0.4) is 0 Å². The van der Waals surface area contributed by atoms with Crippen LogP contribution in [0.2, 0.25) is 0 Å². The second kappa shape index (κ2) is 6.37. The fraction of sp³-hybridized carbons (Fsp3) is 0.588. The number of carbonyl (C=O) groups excluding carboxylic acids is 1. The lowest BCUT2D eigenvalue weighted by atomic mass is 9.91. The summed E-state index contributed by atoms with van der Waals surface area (Å²) in [6.07, 6.45) is 0.613. The molecule has 1 amide bonds. The molecule has 1 saturated heterocycles. The van der Waals surface area contributed by atoms with Crippen LogP contribution < -0.4 is 9.64 Å². The molecule has 4 heteroatoms. The van der Waals surface area contributed by atoms with E-state index in [0.29, 0.717) is 6.42 Å². The number of rotatable bonds is 3. The quantitative estimate of drug-likeness (QED) is 0.858. The molecule has 1 fully saturated rings. The van der Waals surface area contributed by atoms with E-state index < -0.39 is 0 Å². The first-order valence-corrected chi connectivity index (χ1v) is 7.56. The van der Waals surface area contributed by atoms with Gasteiger partial charge in [-0.15, -0.1) is 0 Å². The Kier molecular flexibility index (Phi) is 4.76. The first-order chi connectivity index (χ1) is 9.90. The van der Waals surface area contributed by atoms with E-state index >= 15 is 0 Å². The first kappa shape index (κ1) is 15.7. The van der Waals surface area contributed by atoms with E-state index in [1.54, 1.807) is 7.11 Å². The molecule has 4 nitrogen and oxygen atoms in total. The van der Waals surface area contributed by atoms with Gasteiger partial charge in [-0.1, -0.05) is 32.9 Å². The molecule has 2 rings (SSSR count). The van der Waals surface area contributed by atoms with Gasteiger partial charge in [0.1, 0.15) is 5.75 Å². The Hall–Kier alpha value is -1.71. The molecular weight excluding hydrogens is 264 g/mol. The van der Waals surface area contributed by atoms with E-state index in [9.17, 15) is 4.79 Å². The van der Waals surface area contributed by atoms with E-state index in [2.05, 4.69) is 31.7 Å². The third-order valence-electron chi connectivity index (χ3n) is 3.74. The highest BCUT2D eigenvalue weighted by Crippen LogP contribution is 2.28. The van der Waals surface area contributed by atoms with Crippen LogP contribution in [-0.4, -0.2) is 44.1 Å². The van der Waals surface area contributed by atoms with Crippen molar-refractivity contribution < 1.29 is 9.53 Å². The van der Waals surface area contributed by atoms with Crippen LogP contribution in [0.1, 0.15) is 27.2 Å². The molecule has 1 heterocycles. The molecule has 0 saturated carbocycles. The zero-order valence-corrected chi connectivity index (χ0v) is 13.6. The Bertz CT molecular complexity index is 486. The van der Waals surface area contributed by atoms with Crippen LogP contribution in [0.5, 0.6) is 5.75 Å². The summed E-state index contributed by atoms with van der Waals surface area (Å²) in [5.41, 5.74) is 1.17. The van der Waals surface area contributed by atoms with Gasteiger partial charge < -0.3 is 14.5 Å². The van der Waals surface area contributed by atoms with Gasteiger partial charge in [-0.3, -0.25) is 4.79 Å². The number of carbonyl (C=O) groups is 1. The number of hydrogen-bond donors (Lipinski definition) is 0. The maximum atomic E-state index is 12.3. The molecule has 1 aromatic rings. The maximum absolute atomic E-state index is 12.3. The van der Waals surface area contributed by atoms with E-state index in [0.717, 1.165) is 37.6 Å². The molecule has 116 valence electrons. The van der Waals surface area contributed by atoms with Gasteiger partial charge in [0, 0.05) is 32.6 Å². The number of amides is 1. The number of nitrogens with zero attached hydrogens (tertiary/aromatic N) is 2. The molecule has 0 N–H and O–H groups in total. The SMILES string of the molecule is COc1ccccc1N1CCN(C(=O)CC(C)(C)C)CC1. The highest BCUT2D eigenvalue weighted by Gasteiger charge is 2.25. The topological polar surface area (TPSA) is 32.8 Å². The van der Waals surface area contributed by atoms with Crippen LogP contribution in [0.25, 0.3) is 0 Å². The molecule has 0 bridgehead atoms. The third kappa shape index (κ3) is 4.13. The summed E-state index contributed by atoms with van der Waals surface area (Å²) in [4.78, 5) is 16.5. The molecule has 0 unspecified atom stereocenters. The Balaban J connectivity index is 1.96. The predicted octanol–water partition coefficient (Wildman–Crippen LogP) is 2.78. The van der Waals surface area contributed by atoms with Crippen molar-refractivity contribution >= 4 is 11.6 Å². The van der Waals surface area contributed by atoms with E-state index in [4.69, 9.17) is 4.74 Å². The summed E-state index contributed by atoms with van der Waals surface area (Å²) >= 11 is 0. The highest BCUT2D eigenvalue weighted by atomic mass is 16.5. The third-order valence-corrected chi connectivity index (χ3v) is 3.74. The molecule has 21 heavy (non-hydrogen) atoms. The highest BCUT2D eigenvalue weighted by molar-refractivity contribution is 5.77. The van der Waals surface area contributed by atoms with Gasteiger partial charge in [-0.2, -0.15) is 0 Å². The summed E-state index contributed by atoms with van der Waals surface area (Å²) in [5.74, 6) is 1.16. The molecule has 1 aliphatic heterocycles. The molecule has 0 aliphatic carbocycles. The summed E-state index contributed by atoms with van der Waals surface area (Å²) in [5, 5.41) is 0. The van der Waals surface area contributed by atoms with Gasteiger partial charge in [0.05, 0.1) is 12.8 Å². The minimum atomic E-state index is 0.0524. The van der Waals surface area contributed by atoms with E-state index in [1.807, 2.05) is 23.1 Å². The van der Waals surface area contributed by atoms with Crippen molar-refractivity contribution in [3.8, 4) is 5.75 Å². The Morgan fingerprint density at radius 3 is 2.33 bits per heavy atom. The number of anilines is 1. The van der Waals surface area contributed by atoms with Gasteiger partial charge in [-0.25, -0.2) is 0 Å². The van der Waals surface area contributed by atoms with Gasteiger partial charge in [-0.05, 0) is 17.5 Å². The number of methoxy groups -OCH3 is 1. The summed E-state index contributed by atoms with van der Waals surface area (Å²) < 4.78 is 5.42. The normalized spacial score (nSPS) is 16.0. The van der Waals surface area contributed by atoms with Crippen molar-refractivity contribution in [3.05, 3.63) is 24.3 Å². The standard InChI is InChI=1S/C17H26N2O2/c1-17(2,3)13-16(20)19-11-9-18(10-12-19)14-7-5-6-8-15(14)21-4/h5-8H,9-13H2,1-4H3. The molecule has 1 aliphatic rings. The lowest BCUT2D eigenvalue weighted by Gasteiger charge is -2.37. The lowest BCUT2D eigenvalue weighted by molar-refractivity contribution is -0.133. The predicted molar refractivity (Wildman–Crippen MR) is 85.9 cm³/mol. The Morgan fingerprint density at radius 1 is 1.14 bits per heavy atom. The number of para-hydroxylation sites is 2. The summed E-state index contributed by atoms with van der Waals surface area (Å²) in [6.45, 7) is 9.61. The minimum Gasteiger partial charge on any atom is -0.495 e. The smallest absolute Gasteiger partial charge is 0.223 e. The van der Waals surface area contributed by atoms with Gasteiger partial charge in [0.2, 0.25) is 5.91 Å². The molecule has 1 aromatic carbocycles. The summed E-state index contributed by atoms with van der Waals surface area (Å²) in [6, 6.07) is 8.05. The van der Waals surface area contributed by atoms with Crippen LogP contribution >= 0.6 is 0 Å². The van der Waals surface area contributed by atoms with Crippen LogP contribution in [0.4, 0.5) is 5.69 Å². The van der Waals surface area contributed by atoms with Crippen molar-refractivity contribution in [2.24, 2.45) is 5.41 Å². The van der Waals surface area contributed by atoms with Crippen LogP contribution in [-0.2, 0) is 4.79 Å². The average Bonchev–Trinajstić information content (AvgIpc) is 2.45. The second-order valence-corrected chi connectivity index (χ2v) is 6.78. The zero-order valence-electron chi connectivity index (χ0n) is 13.6. The molecule has 0 spiro atoms. The molecule has 0 radical (unpaired) electrons. The average molecular weight is 290 g/mol. The first-order valence-electron chi connectivity index (χ1n) is 7.56. The zero-order chi connectivity index (χ0) is 15.5. The number of ether oxygens (including phenoxy) is 1. The largest absolute Gasteiger partial charge is 0.495 e. The number of benzene rings is 1. The van der Waals surface area contributed by atoms with Gasteiger partial charge in [0.15, 0.2) is 0 Å². The Labute approximate surface area is 127 Å². The summed E-state index contributed by atoms with van der Waals surface area (Å²) in [7, 11) is 1.70. The molecular formula is C17H26N2O2. The number of piperazine rings is 1. The van der Waals surface area contributed by atoms with Crippen LogP contribution in [0.15, 0.2) is 24.3 Å². The van der Waals surface area contributed by atoms with Crippen molar-refractivity contribution in [2.45, 2.75) is 27.2 Å². The molecule has 0 atom stereocenters. The van der Waals surface area contributed by atoms with Crippen molar-refractivity contribution in [1.29, 1.82) is 0 Å². The van der Waals surface area contributed by atoms with Crippen molar-refractivity contribution in [1.82, 2.24) is 4.90 Å². The monoisotopic (exact) mass is 290 g/mol. The number of hydrogen-bond acceptors (Lipinski definition) is 3. The van der Waals surface area contributed by atoms with E-state index in [1.165, 1.54) is 0 Å². The van der Waals surface area contributed by atoms with Gasteiger partial charge >= 0.3 is 0 Å². The van der Waals surface area contributed by atoms with Crippen LogP contribution in [0, 0.1) is 5.41 Å². The van der Waals surface area contributed by atoms with Gasteiger partial charge in [0.25, 0.3) is 0 Å². The minimum absolute atomic E-state index is 0.0524. The lowest BCUT2D eigenvalue weighted by Crippen LogP contribution is -2.49.